The van der Waals surface area contributed by atoms with Crippen LogP contribution in [-0.4, -0.2) is 191 Å². The van der Waals surface area contributed by atoms with E-state index in [9.17, 15) is 38.4 Å². The molecule has 0 saturated heterocycles. The Bertz CT molecular complexity index is 3080. The number of carbonyl (C=O) groups is 8. The van der Waals surface area contributed by atoms with Crippen molar-refractivity contribution < 1.29 is 38.4 Å². The quantitative estimate of drug-likeness (QED) is 0.0172. The molecule has 0 radical (unpaired) electrons. The minimum Gasteiger partial charge on any atom is -0.370 e. The number of hydrogen-bond donors (Lipinski definition) is 23. The van der Waals surface area contributed by atoms with Crippen LogP contribution in [0.1, 0.15) is 130 Å². The molecule has 8 atom stereocenters. The van der Waals surface area contributed by atoms with Gasteiger partial charge in [0.05, 0.1) is 36.8 Å². The largest absolute Gasteiger partial charge is 0.370 e. The summed E-state index contributed by atoms with van der Waals surface area (Å²) in [5, 5.41) is 48.8. The van der Waals surface area contributed by atoms with Gasteiger partial charge in [-0.1, -0.05) is 96.7 Å². The molecule has 0 saturated carbocycles. The van der Waals surface area contributed by atoms with Crippen molar-refractivity contribution in [2.75, 3.05) is 72.0 Å². The number of fused-ring (bicyclic) bond motifs is 2. The number of unbranched alkanes of at least 4 members (excludes halogenated alkanes) is 3. The number of aliphatic imine (C=N–C) groups is 1. The number of aromatic nitrogens is 2. The van der Waals surface area contributed by atoms with Crippen LogP contribution in [-0.2, 0) is 12.8 Å². The third-order valence-electron chi connectivity index (χ3n) is 16.6. The van der Waals surface area contributed by atoms with Crippen LogP contribution in [0.3, 0.4) is 0 Å². The number of amides is 16. The predicted molar refractivity (Wildman–Crippen MR) is 391 cm³/mol. The SMILES string of the molecule is CCC[C@H](CN=C(N)N)NC(=O)NC[C@H](CCCCN)NC(=O)NC[C@H](Cc1c[nH]c2ccccc12)NC(=O)NC[C@H](CCCCN)NC(=O)NC[C@H](NC(=O)NC[C@H](Cc1c[nH]c2ccccc12)NC(=O)NC[C@H](CCCCN)NC(=O)NC[C@H](NC(=O)NC(C)C)C(C)C)C(C)C. The fraction of sp³-hybridized carbons (Fsp3) is 0.627. The zero-order valence-electron chi connectivity index (χ0n) is 59.2. The third-order valence-corrected chi connectivity index (χ3v) is 16.6. The predicted octanol–water partition coefficient (Wildman–Crippen LogP) is 2.96. The first-order valence-electron chi connectivity index (χ1n) is 35.1. The average Bonchev–Trinajstić information content (AvgIpc) is 1.71. The molecule has 4 rings (SSSR count). The molecule has 16 amide bonds. The number of benzene rings is 2. The molecule has 0 unspecified atom stereocenters. The second kappa shape index (κ2) is 46.2. The number of hydrogen-bond acceptors (Lipinski definition) is 12. The summed E-state index contributed by atoms with van der Waals surface area (Å²) in [6.07, 6.45) is 11.6. The van der Waals surface area contributed by atoms with Gasteiger partial charge in [-0.25, -0.2) is 38.4 Å². The van der Waals surface area contributed by atoms with Crippen LogP contribution in [0.4, 0.5) is 38.4 Å². The fourth-order valence-corrected chi connectivity index (χ4v) is 11.0. The Kier molecular flexibility index (Phi) is 38.4. The summed E-state index contributed by atoms with van der Waals surface area (Å²) in [5.41, 5.74) is 32.1. The lowest BCUT2D eigenvalue weighted by atomic mass is 10.0. The molecule has 0 aliphatic carbocycles. The number of H-pyrrole nitrogens is 2. The zero-order valence-corrected chi connectivity index (χ0v) is 59.2. The molecule has 0 bridgehead atoms. The van der Waals surface area contributed by atoms with Crippen molar-refractivity contribution in [1.82, 2.24) is 95.0 Å². The van der Waals surface area contributed by atoms with Gasteiger partial charge in [-0.05, 0) is 126 Å². The molecule has 0 fully saturated rings. The van der Waals surface area contributed by atoms with Crippen molar-refractivity contribution in [3.05, 3.63) is 72.1 Å². The van der Waals surface area contributed by atoms with Gasteiger partial charge in [-0.3, -0.25) is 4.99 Å². The van der Waals surface area contributed by atoms with Gasteiger partial charge in [-0.2, -0.15) is 0 Å². The number of nitrogens with zero attached hydrogens (tertiary/aromatic N) is 1. The van der Waals surface area contributed by atoms with E-state index in [4.69, 9.17) is 28.7 Å². The van der Waals surface area contributed by atoms with E-state index in [1.54, 1.807) is 0 Å². The molecule has 0 aliphatic heterocycles. The summed E-state index contributed by atoms with van der Waals surface area (Å²) >= 11 is 0. The van der Waals surface area contributed by atoms with Crippen LogP contribution in [0.25, 0.3) is 21.8 Å². The normalized spacial score (nSPS) is 13.7. The van der Waals surface area contributed by atoms with E-state index in [0.29, 0.717) is 90.3 Å². The van der Waals surface area contributed by atoms with E-state index < -0.39 is 78.5 Å². The molecule has 4 aromatic rings. The summed E-state index contributed by atoms with van der Waals surface area (Å²) in [6.45, 7) is 15.5. The van der Waals surface area contributed by atoms with Crippen LogP contribution in [0.2, 0.25) is 0 Å². The van der Waals surface area contributed by atoms with Gasteiger partial charge < -0.3 is 124 Å². The summed E-state index contributed by atoms with van der Waals surface area (Å²) in [5.74, 6) is -0.193. The Hall–Kier alpha value is -9.17. The highest BCUT2D eigenvalue weighted by atomic mass is 16.2. The number of para-hydroxylation sites is 2. The molecule has 2 heterocycles. The maximum absolute atomic E-state index is 13.9. The highest BCUT2D eigenvalue weighted by Gasteiger charge is 2.26. The van der Waals surface area contributed by atoms with E-state index in [1.165, 1.54) is 0 Å². The van der Waals surface area contributed by atoms with E-state index in [1.807, 2.05) is 109 Å². The number of carbonyl (C=O) groups excluding carboxylic acids is 8. The summed E-state index contributed by atoms with van der Waals surface area (Å²) in [7, 11) is 0. The fourth-order valence-electron chi connectivity index (χ4n) is 11.0. The number of urea groups is 8. The third kappa shape index (κ3) is 33.8. The summed E-state index contributed by atoms with van der Waals surface area (Å²) in [4.78, 5) is 118. The van der Waals surface area contributed by atoms with Gasteiger partial charge in [0.1, 0.15) is 0 Å². The van der Waals surface area contributed by atoms with Gasteiger partial charge in [0.25, 0.3) is 0 Å². The lowest BCUT2D eigenvalue weighted by molar-refractivity contribution is 0.221. The van der Waals surface area contributed by atoms with Gasteiger partial charge in [0.2, 0.25) is 0 Å². The number of rotatable bonds is 45. The first kappa shape index (κ1) is 82.3. The lowest BCUT2D eigenvalue weighted by Crippen LogP contribution is -2.56. The van der Waals surface area contributed by atoms with E-state index in [2.05, 4.69) is 100 Å². The van der Waals surface area contributed by atoms with Crippen molar-refractivity contribution in [3.63, 3.8) is 0 Å². The number of nitrogens with two attached hydrogens (primary N) is 5. The summed E-state index contributed by atoms with van der Waals surface area (Å²) in [6, 6.07) is 7.77. The topological polar surface area (TPSA) is 503 Å². The molecule has 0 aliphatic rings. The maximum atomic E-state index is 13.9. The van der Waals surface area contributed by atoms with Gasteiger partial charge in [0.15, 0.2) is 5.96 Å². The number of aromatic amines is 2. The highest BCUT2D eigenvalue weighted by Crippen LogP contribution is 2.21. The maximum Gasteiger partial charge on any atom is 0.315 e. The van der Waals surface area contributed by atoms with E-state index >= 15 is 0 Å². The van der Waals surface area contributed by atoms with Gasteiger partial charge in [0, 0.05) is 104 Å². The first-order chi connectivity index (χ1) is 47.5. The highest BCUT2D eigenvalue weighted by molar-refractivity contribution is 5.85. The second-order valence-corrected chi connectivity index (χ2v) is 26.2. The summed E-state index contributed by atoms with van der Waals surface area (Å²) < 4.78 is 0. The van der Waals surface area contributed by atoms with Gasteiger partial charge >= 0.3 is 48.2 Å². The van der Waals surface area contributed by atoms with Crippen molar-refractivity contribution in [1.29, 1.82) is 0 Å². The monoisotopic (exact) mass is 1390 g/mol. The van der Waals surface area contributed by atoms with Gasteiger partial charge in [-0.15, -0.1) is 0 Å². The molecule has 554 valence electrons. The lowest BCUT2D eigenvalue weighted by Gasteiger charge is -2.26. The Morgan fingerprint density at radius 2 is 0.717 bits per heavy atom. The Morgan fingerprint density at radius 1 is 0.394 bits per heavy atom. The van der Waals surface area contributed by atoms with Crippen LogP contribution in [0, 0.1) is 11.8 Å². The second-order valence-electron chi connectivity index (χ2n) is 26.2. The molecule has 28 N–H and O–H groups in total. The minimum absolute atomic E-state index is 0.0148. The van der Waals surface area contributed by atoms with Crippen LogP contribution in [0.15, 0.2) is 65.9 Å². The van der Waals surface area contributed by atoms with Crippen molar-refractivity contribution >= 4 is 76.0 Å². The molecule has 32 heteroatoms. The van der Waals surface area contributed by atoms with Crippen LogP contribution in [0.5, 0.6) is 0 Å². The molecule has 2 aromatic carbocycles. The van der Waals surface area contributed by atoms with E-state index in [0.717, 1.165) is 45.8 Å². The average molecular weight is 1390 g/mol. The smallest absolute Gasteiger partial charge is 0.315 e. The molecule has 99 heavy (non-hydrogen) atoms. The van der Waals surface area contributed by atoms with Crippen molar-refractivity contribution in [2.45, 2.75) is 186 Å². The Balaban J connectivity index is 1.37. The van der Waals surface area contributed by atoms with Crippen molar-refractivity contribution in [3.8, 4) is 0 Å². The molecular weight excluding hydrogens is 1270 g/mol. The molecule has 32 nitrogen and oxygen atoms in total. The molecule has 2 aromatic heterocycles. The van der Waals surface area contributed by atoms with Crippen LogP contribution < -0.4 is 114 Å². The molecule has 0 spiro atoms. The Morgan fingerprint density at radius 3 is 1.06 bits per heavy atom. The Labute approximate surface area is 583 Å². The standard InChI is InChI=1S/C67H118N24O8/c1-8-19-47(34-75-59(71)72)84-60(92)76-35-48(20-13-16-27-68)85-61(93)79-38-51(30-45-32-73-55-25-11-9-23-53(45)55)88-62(94)77-36-49(21-14-17-28-69)86-64(96)81-40-57(42(2)3)90-66(98)80-39-52(31-46-33-74-56-26-12-10-24-54(46)56)89-63(95)78-37-50(22-15-18-29-70)87-65(97)82-41-58(43(4)5)91-67(99)83-44(6)7/h9-12,23-26,32-33,42-44,47-52,57-58,73-74H,8,13-22,27-31,34-41,68-70H2,1-7H3,(H4,71,72,75)(H2,76,84,92)(H2,77,88,94)(H2,78,89,95)(H2,79,85,93)(H2,80,90,98)(H2,81,86,96)(H2,82,87,97)(H2,83,91,99)/t47-,48+,49+,50+,51+,52+,57+,58+/m1/s1. The van der Waals surface area contributed by atoms with E-state index in [-0.39, 0.29) is 94.3 Å². The zero-order chi connectivity index (χ0) is 72.5. The number of nitrogens with one attached hydrogen (secondary N) is 18. The number of guanidine groups is 1. The molecular formula is C67H118N24O8. The minimum atomic E-state index is -0.613. The van der Waals surface area contributed by atoms with Crippen molar-refractivity contribution in [2.24, 2.45) is 45.5 Å². The first-order valence-corrected chi connectivity index (χ1v) is 35.1. The van der Waals surface area contributed by atoms with Crippen LogP contribution >= 0.6 is 0 Å².